The topological polar surface area (TPSA) is 81.9 Å². The molecule has 0 saturated heterocycles. The van der Waals surface area contributed by atoms with Gasteiger partial charge < -0.3 is 10.1 Å². The van der Waals surface area contributed by atoms with Crippen molar-refractivity contribution in [3.63, 3.8) is 0 Å². The minimum absolute atomic E-state index is 0.0843. The number of anilines is 1. The third-order valence-corrected chi connectivity index (χ3v) is 5.69. The van der Waals surface area contributed by atoms with E-state index in [1.54, 1.807) is 31.5 Å². The standard InChI is InChI=1S/C24H22FN5O2S/c1-3-32-20-8-6-19(7-9-20)30-23(17-10-12-26-13-11-17)28-29-24(30)33-15-22(31)27-18-5-4-16(2)21(25)14-18/h4-14H,3,15H2,1-2H3,(H,27,31). The predicted molar refractivity (Wildman–Crippen MR) is 126 cm³/mol. The van der Waals surface area contributed by atoms with Gasteiger partial charge in [0.2, 0.25) is 5.91 Å². The summed E-state index contributed by atoms with van der Waals surface area (Å²) in [6, 6.07) is 15.9. The second-order valence-electron chi connectivity index (χ2n) is 7.11. The average Bonchev–Trinajstić information content (AvgIpc) is 3.25. The normalized spacial score (nSPS) is 10.8. The summed E-state index contributed by atoms with van der Waals surface area (Å²) in [6.45, 7) is 4.18. The summed E-state index contributed by atoms with van der Waals surface area (Å²) in [6.07, 6.45) is 3.38. The van der Waals surface area contributed by atoms with Crippen molar-refractivity contribution in [2.24, 2.45) is 0 Å². The molecule has 0 aliphatic carbocycles. The molecule has 0 saturated carbocycles. The van der Waals surface area contributed by atoms with E-state index in [-0.39, 0.29) is 17.5 Å². The minimum Gasteiger partial charge on any atom is -0.494 e. The van der Waals surface area contributed by atoms with Crippen LogP contribution in [0.1, 0.15) is 12.5 Å². The monoisotopic (exact) mass is 463 g/mol. The number of ether oxygens (including phenoxy) is 1. The molecule has 0 bridgehead atoms. The Balaban J connectivity index is 1.57. The van der Waals surface area contributed by atoms with Crippen molar-refractivity contribution in [2.75, 3.05) is 17.7 Å². The maximum Gasteiger partial charge on any atom is 0.234 e. The molecule has 2 heterocycles. The molecule has 7 nitrogen and oxygen atoms in total. The minimum atomic E-state index is -0.363. The number of aryl methyl sites for hydroxylation is 1. The zero-order valence-corrected chi connectivity index (χ0v) is 19.0. The van der Waals surface area contributed by atoms with Gasteiger partial charge in [-0.05, 0) is 67.9 Å². The predicted octanol–water partition coefficient (Wildman–Crippen LogP) is 4.91. The Kier molecular flexibility index (Phi) is 6.99. The second-order valence-corrected chi connectivity index (χ2v) is 8.05. The van der Waals surface area contributed by atoms with Gasteiger partial charge >= 0.3 is 0 Å². The Hall–Kier alpha value is -3.72. The van der Waals surface area contributed by atoms with Crippen molar-refractivity contribution in [3.8, 4) is 22.8 Å². The maximum absolute atomic E-state index is 13.8. The molecule has 0 spiro atoms. The number of amides is 1. The molecule has 0 fully saturated rings. The Morgan fingerprint density at radius 2 is 1.85 bits per heavy atom. The van der Waals surface area contributed by atoms with E-state index in [0.717, 1.165) is 17.0 Å². The van der Waals surface area contributed by atoms with Gasteiger partial charge in [0.15, 0.2) is 11.0 Å². The number of rotatable bonds is 8. The van der Waals surface area contributed by atoms with Gasteiger partial charge in [0, 0.05) is 29.3 Å². The van der Waals surface area contributed by atoms with E-state index in [1.807, 2.05) is 47.9 Å². The summed E-state index contributed by atoms with van der Waals surface area (Å²) in [5.74, 6) is 0.845. The maximum atomic E-state index is 13.8. The van der Waals surface area contributed by atoms with E-state index in [4.69, 9.17) is 4.74 Å². The van der Waals surface area contributed by atoms with Crippen LogP contribution >= 0.6 is 11.8 Å². The number of hydrogen-bond acceptors (Lipinski definition) is 6. The molecule has 33 heavy (non-hydrogen) atoms. The van der Waals surface area contributed by atoms with Crippen molar-refractivity contribution in [2.45, 2.75) is 19.0 Å². The van der Waals surface area contributed by atoms with E-state index in [1.165, 1.54) is 17.8 Å². The highest BCUT2D eigenvalue weighted by Crippen LogP contribution is 2.29. The van der Waals surface area contributed by atoms with Crippen LogP contribution in [-0.2, 0) is 4.79 Å². The van der Waals surface area contributed by atoms with Crippen LogP contribution in [0.5, 0.6) is 5.75 Å². The van der Waals surface area contributed by atoms with Crippen molar-refractivity contribution in [3.05, 3.63) is 78.4 Å². The van der Waals surface area contributed by atoms with Gasteiger partial charge in [-0.15, -0.1) is 10.2 Å². The molecule has 0 radical (unpaired) electrons. The number of carbonyl (C=O) groups excluding carboxylic acids is 1. The first-order valence-corrected chi connectivity index (χ1v) is 11.3. The lowest BCUT2D eigenvalue weighted by atomic mass is 10.2. The average molecular weight is 464 g/mol. The molecule has 1 N–H and O–H groups in total. The number of thioether (sulfide) groups is 1. The van der Waals surface area contributed by atoms with Gasteiger partial charge in [0.05, 0.1) is 12.4 Å². The van der Waals surface area contributed by atoms with Gasteiger partial charge in [-0.3, -0.25) is 14.3 Å². The molecular formula is C24H22FN5O2S. The van der Waals surface area contributed by atoms with E-state index in [0.29, 0.717) is 28.8 Å². The molecule has 2 aromatic carbocycles. The SMILES string of the molecule is CCOc1ccc(-n2c(SCC(=O)Nc3ccc(C)c(F)c3)nnc2-c2ccncc2)cc1. The lowest BCUT2D eigenvalue weighted by Crippen LogP contribution is -2.14. The molecule has 4 rings (SSSR count). The van der Waals surface area contributed by atoms with Crippen LogP contribution in [0.4, 0.5) is 10.1 Å². The first-order chi connectivity index (χ1) is 16.0. The molecule has 2 aromatic heterocycles. The molecule has 0 aliphatic heterocycles. The van der Waals surface area contributed by atoms with Crippen LogP contribution in [0, 0.1) is 12.7 Å². The number of benzene rings is 2. The zero-order valence-electron chi connectivity index (χ0n) is 18.2. The van der Waals surface area contributed by atoms with Gasteiger partial charge in [-0.25, -0.2) is 4.39 Å². The number of nitrogens with zero attached hydrogens (tertiary/aromatic N) is 4. The van der Waals surface area contributed by atoms with E-state index in [9.17, 15) is 9.18 Å². The van der Waals surface area contributed by atoms with Crippen molar-refractivity contribution < 1.29 is 13.9 Å². The largest absolute Gasteiger partial charge is 0.494 e. The van der Waals surface area contributed by atoms with Crippen LogP contribution in [0.3, 0.4) is 0 Å². The smallest absolute Gasteiger partial charge is 0.234 e. The van der Waals surface area contributed by atoms with Crippen molar-refractivity contribution in [1.29, 1.82) is 0 Å². The van der Waals surface area contributed by atoms with Crippen LogP contribution < -0.4 is 10.1 Å². The Bertz CT molecular complexity index is 1250. The zero-order chi connectivity index (χ0) is 23.2. The lowest BCUT2D eigenvalue weighted by molar-refractivity contribution is -0.113. The fraction of sp³-hybridized carbons (Fsp3) is 0.167. The van der Waals surface area contributed by atoms with Gasteiger partial charge in [-0.2, -0.15) is 0 Å². The first kappa shape index (κ1) is 22.5. The van der Waals surface area contributed by atoms with E-state index < -0.39 is 0 Å². The van der Waals surface area contributed by atoms with E-state index in [2.05, 4.69) is 20.5 Å². The summed E-state index contributed by atoms with van der Waals surface area (Å²) < 4.78 is 21.2. The van der Waals surface area contributed by atoms with E-state index >= 15 is 0 Å². The highest BCUT2D eigenvalue weighted by atomic mass is 32.2. The molecule has 168 valence electrons. The van der Waals surface area contributed by atoms with Gasteiger partial charge in [-0.1, -0.05) is 17.8 Å². The molecule has 0 unspecified atom stereocenters. The van der Waals surface area contributed by atoms with Crippen LogP contribution in [0.25, 0.3) is 17.1 Å². The quantitative estimate of drug-likeness (QED) is 0.374. The van der Waals surface area contributed by atoms with Crippen LogP contribution in [0.2, 0.25) is 0 Å². The van der Waals surface area contributed by atoms with Crippen molar-refractivity contribution in [1.82, 2.24) is 19.7 Å². The number of hydrogen-bond donors (Lipinski definition) is 1. The van der Waals surface area contributed by atoms with Crippen LogP contribution in [-0.4, -0.2) is 38.0 Å². The number of nitrogens with one attached hydrogen (secondary N) is 1. The third-order valence-electron chi connectivity index (χ3n) is 4.77. The molecule has 1 amide bonds. The summed E-state index contributed by atoms with van der Waals surface area (Å²) in [7, 11) is 0. The lowest BCUT2D eigenvalue weighted by Gasteiger charge is -2.11. The molecule has 4 aromatic rings. The highest BCUT2D eigenvalue weighted by Gasteiger charge is 2.17. The molecule has 0 aliphatic rings. The van der Waals surface area contributed by atoms with Crippen molar-refractivity contribution >= 4 is 23.4 Å². The molecular weight excluding hydrogens is 441 g/mol. The first-order valence-electron chi connectivity index (χ1n) is 10.3. The Morgan fingerprint density at radius 3 is 2.55 bits per heavy atom. The summed E-state index contributed by atoms with van der Waals surface area (Å²) in [4.78, 5) is 16.6. The molecule has 0 atom stereocenters. The fourth-order valence-electron chi connectivity index (χ4n) is 3.14. The van der Waals surface area contributed by atoms with Gasteiger partial charge in [0.1, 0.15) is 11.6 Å². The highest BCUT2D eigenvalue weighted by molar-refractivity contribution is 7.99. The fourth-order valence-corrected chi connectivity index (χ4v) is 3.89. The van der Waals surface area contributed by atoms with Gasteiger partial charge in [0.25, 0.3) is 0 Å². The third kappa shape index (κ3) is 5.38. The number of halogens is 1. The van der Waals surface area contributed by atoms with Crippen LogP contribution in [0.15, 0.2) is 72.1 Å². The Labute approximate surface area is 195 Å². The summed E-state index contributed by atoms with van der Waals surface area (Å²) in [5, 5.41) is 11.9. The number of carbonyl (C=O) groups is 1. The molecule has 9 heteroatoms. The summed E-state index contributed by atoms with van der Waals surface area (Å²) in [5.41, 5.74) is 2.61. The number of pyridine rings is 1. The number of aromatic nitrogens is 4. The summed E-state index contributed by atoms with van der Waals surface area (Å²) >= 11 is 1.24. The Morgan fingerprint density at radius 1 is 1.09 bits per heavy atom. The second kappa shape index (κ2) is 10.3.